The Labute approximate surface area is 150 Å². The van der Waals surface area contributed by atoms with Crippen molar-refractivity contribution in [1.82, 2.24) is 5.32 Å². The zero-order valence-corrected chi connectivity index (χ0v) is 14.6. The summed E-state index contributed by atoms with van der Waals surface area (Å²) >= 11 is 6.99. The van der Waals surface area contributed by atoms with Gasteiger partial charge in [0.25, 0.3) is 6.04 Å². The van der Waals surface area contributed by atoms with E-state index in [0.29, 0.717) is 16.4 Å². The molecule has 120 valence electrons. The number of aromatic nitrogens is 1. The van der Waals surface area contributed by atoms with E-state index in [1.54, 1.807) is 0 Å². The lowest BCUT2D eigenvalue weighted by molar-refractivity contribution is -0.692. The van der Waals surface area contributed by atoms with E-state index in [-0.39, 0.29) is 5.78 Å². The molecule has 0 aliphatic rings. The van der Waals surface area contributed by atoms with Gasteiger partial charge >= 0.3 is 0 Å². The van der Waals surface area contributed by atoms with Crippen LogP contribution < -0.4 is 9.88 Å². The van der Waals surface area contributed by atoms with Crippen molar-refractivity contribution >= 4 is 34.3 Å². The first-order chi connectivity index (χ1) is 11.8. The molecule has 0 bridgehead atoms. The van der Waals surface area contributed by atoms with Gasteiger partial charge in [-0.05, 0) is 17.0 Å². The zero-order chi connectivity index (χ0) is 16.8. The first kappa shape index (κ1) is 16.5. The van der Waals surface area contributed by atoms with Gasteiger partial charge in [-0.2, -0.15) is 4.57 Å². The van der Waals surface area contributed by atoms with Crippen LogP contribution in [-0.4, -0.2) is 10.8 Å². The summed E-state index contributed by atoms with van der Waals surface area (Å²) in [5, 5.41) is 5.14. The molecule has 0 spiro atoms. The quantitative estimate of drug-likeness (QED) is 0.418. The van der Waals surface area contributed by atoms with Gasteiger partial charge in [0.2, 0.25) is 5.78 Å². The van der Waals surface area contributed by atoms with Gasteiger partial charge in [-0.15, -0.1) is 11.3 Å². The minimum absolute atomic E-state index is 0.00626. The van der Waals surface area contributed by atoms with Gasteiger partial charge in [-0.25, -0.2) is 0 Å². The van der Waals surface area contributed by atoms with Crippen LogP contribution in [0.1, 0.15) is 21.3 Å². The molecule has 0 amide bonds. The summed E-state index contributed by atoms with van der Waals surface area (Å²) in [6.07, 6.45) is 3.74. The molecule has 1 N–H and O–H groups in total. The molecule has 0 aliphatic carbocycles. The Kier molecular flexibility index (Phi) is 5.46. The van der Waals surface area contributed by atoms with E-state index < -0.39 is 6.04 Å². The Morgan fingerprint density at radius 2 is 1.75 bits per heavy atom. The topological polar surface area (TPSA) is 33.0 Å². The number of thiophene rings is 1. The van der Waals surface area contributed by atoms with E-state index in [4.69, 9.17) is 12.2 Å². The predicted molar refractivity (Wildman–Crippen MR) is 100 cm³/mol. The minimum atomic E-state index is -0.538. The number of nitrogens with one attached hydrogen (secondary N) is 1. The van der Waals surface area contributed by atoms with Crippen LogP contribution in [0.2, 0.25) is 0 Å². The van der Waals surface area contributed by atoms with Gasteiger partial charge in [0.15, 0.2) is 17.4 Å². The van der Waals surface area contributed by atoms with Crippen molar-refractivity contribution in [3.05, 3.63) is 88.9 Å². The average Bonchev–Trinajstić information content (AvgIpc) is 3.17. The zero-order valence-electron chi connectivity index (χ0n) is 13.0. The van der Waals surface area contributed by atoms with Gasteiger partial charge in [0.05, 0.1) is 4.88 Å². The number of rotatable bonds is 6. The highest BCUT2D eigenvalue weighted by atomic mass is 32.1. The highest BCUT2D eigenvalue weighted by molar-refractivity contribution is 7.80. The van der Waals surface area contributed by atoms with Crippen molar-refractivity contribution < 1.29 is 9.36 Å². The Morgan fingerprint density at radius 3 is 2.42 bits per heavy atom. The number of hydrogen-bond donors (Lipinski definition) is 1. The lowest BCUT2D eigenvalue weighted by Gasteiger charge is -2.14. The lowest BCUT2D eigenvalue weighted by Crippen LogP contribution is -2.51. The van der Waals surface area contributed by atoms with Crippen LogP contribution in [0, 0.1) is 0 Å². The molecule has 0 saturated heterocycles. The van der Waals surface area contributed by atoms with Crippen LogP contribution in [0.5, 0.6) is 0 Å². The molecule has 0 radical (unpaired) electrons. The molecule has 24 heavy (non-hydrogen) atoms. The van der Waals surface area contributed by atoms with Crippen LogP contribution in [0.4, 0.5) is 0 Å². The number of carbonyl (C=O) groups is 1. The number of thiocarbonyl (C=S) groups is 1. The minimum Gasteiger partial charge on any atom is -0.370 e. The molecule has 0 saturated carbocycles. The van der Waals surface area contributed by atoms with Crippen LogP contribution in [0.25, 0.3) is 0 Å². The molecule has 0 fully saturated rings. The summed E-state index contributed by atoms with van der Waals surface area (Å²) in [6.45, 7) is 0.598. The number of hydrogen-bond acceptors (Lipinski definition) is 3. The third-order valence-electron chi connectivity index (χ3n) is 3.61. The van der Waals surface area contributed by atoms with Crippen LogP contribution in [0.15, 0.2) is 78.4 Å². The van der Waals surface area contributed by atoms with Crippen molar-refractivity contribution in [2.45, 2.75) is 12.6 Å². The molecule has 3 aromatic rings. The number of pyridine rings is 1. The van der Waals surface area contributed by atoms with Crippen molar-refractivity contribution in [2.75, 3.05) is 0 Å². The van der Waals surface area contributed by atoms with Gasteiger partial charge in [-0.1, -0.05) is 54.7 Å². The maximum Gasteiger partial charge on any atom is 0.271 e. The fraction of sp³-hybridized carbons (Fsp3) is 0.105. The summed E-state index contributed by atoms with van der Waals surface area (Å²) < 4.78 is 1.85. The monoisotopic (exact) mass is 353 g/mol. The molecule has 0 aliphatic heterocycles. The largest absolute Gasteiger partial charge is 0.370 e. The van der Waals surface area contributed by atoms with Gasteiger partial charge in [0.1, 0.15) is 0 Å². The van der Waals surface area contributed by atoms with Crippen LogP contribution in [-0.2, 0) is 6.54 Å². The molecule has 2 aromatic heterocycles. The second-order valence-corrected chi connectivity index (χ2v) is 6.66. The number of Topliss-reactive ketones (excluding diaryl/α,β-unsaturated/α-hetero) is 1. The van der Waals surface area contributed by atoms with Crippen LogP contribution in [0.3, 0.4) is 0 Å². The Morgan fingerprint density at radius 1 is 1.04 bits per heavy atom. The fourth-order valence-electron chi connectivity index (χ4n) is 2.41. The number of ketones is 1. The summed E-state index contributed by atoms with van der Waals surface area (Å²) in [5.74, 6) is 0.00626. The number of carbonyl (C=O) groups excluding carboxylic acids is 1. The van der Waals surface area contributed by atoms with Crippen molar-refractivity contribution in [3.63, 3.8) is 0 Å². The predicted octanol–water partition coefficient (Wildman–Crippen LogP) is 3.58. The smallest absolute Gasteiger partial charge is 0.271 e. The van der Waals surface area contributed by atoms with Crippen molar-refractivity contribution in [2.24, 2.45) is 0 Å². The highest BCUT2D eigenvalue weighted by Crippen LogP contribution is 2.16. The van der Waals surface area contributed by atoms with E-state index in [1.807, 2.05) is 83.0 Å². The normalized spacial score (nSPS) is 11.7. The molecule has 3 rings (SSSR count). The maximum absolute atomic E-state index is 12.9. The summed E-state index contributed by atoms with van der Waals surface area (Å²) in [5.41, 5.74) is 1.13. The molecule has 1 unspecified atom stereocenters. The van der Waals surface area contributed by atoms with E-state index >= 15 is 0 Å². The lowest BCUT2D eigenvalue weighted by atomic mass is 10.1. The van der Waals surface area contributed by atoms with Crippen molar-refractivity contribution in [1.29, 1.82) is 0 Å². The van der Waals surface area contributed by atoms with Gasteiger partial charge in [0, 0.05) is 18.7 Å². The van der Waals surface area contributed by atoms with Crippen LogP contribution >= 0.6 is 23.6 Å². The standard InChI is InChI=1S/C19H16N2OS2/c22-18(16-10-7-13-24-16)17(21-11-5-2-6-12-21)19(23)20-14-15-8-3-1-4-9-15/h1-13,17H,14H2/p+1. The molecule has 3 nitrogen and oxygen atoms in total. The highest BCUT2D eigenvalue weighted by Gasteiger charge is 2.33. The summed E-state index contributed by atoms with van der Waals surface area (Å²) in [4.78, 5) is 14.2. The number of nitrogens with zero attached hydrogens (tertiary/aromatic N) is 1. The first-order valence-electron chi connectivity index (χ1n) is 7.61. The summed E-state index contributed by atoms with van der Waals surface area (Å²) in [7, 11) is 0. The molecule has 5 heteroatoms. The molecular formula is C19H17N2OS2+. The second-order valence-electron chi connectivity index (χ2n) is 5.27. The third-order valence-corrected chi connectivity index (χ3v) is 4.86. The first-order valence-corrected chi connectivity index (χ1v) is 8.89. The molecule has 1 atom stereocenters. The summed E-state index contributed by atoms with van der Waals surface area (Å²) in [6, 6.07) is 18.9. The molecule has 2 heterocycles. The average molecular weight is 353 g/mol. The molecular weight excluding hydrogens is 336 g/mol. The Balaban J connectivity index is 1.81. The maximum atomic E-state index is 12.9. The SMILES string of the molecule is O=C(c1cccs1)C(C(=S)NCc1ccccc1)[n+]1ccccc1. The van der Waals surface area contributed by atoms with E-state index in [1.165, 1.54) is 11.3 Å². The fourth-order valence-corrected chi connectivity index (χ4v) is 3.40. The Hall–Kier alpha value is -2.37. The Bertz CT molecular complexity index is 802. The second kappa shape index (κ2) is 7.95. The third kappa shape index (κ3) is 3.93. The van der Waals surface area contributed by atoms with Crippen molar-refractivity contribution in [3.8, 4) is 0 Å². The van der Waals surface area contributed by atoms with E-state index in [0.717, 1.165) is 5.56 Å². The van der Waals surface area contributed by atoms with Gasteiger partial charge in [-0.3, -0.25) is 4.79 Å². The molecule has 1 aromatic carbocycles. The van der Waals surface area contributed by atoms with Gasteiger partial charge < -0.3 is 5.32 Å². The number of benzene rings is 1. The van der Waals surface area contributed by atoms with E-state index in [9.17, 15) is 4.79 Å². The van der Waals surface area contributed by atoms with E-state index in [2.05, 4.69) is 5.32 Å².